The van der Waals surface area contributed by atoms with E-state index in [1.807, 2.05) is 0 Å². The van der Waals surface area contributed by atoms with Crippen LogP contribution in [0.3, 0.4) is 0 Å². The van der Waals surface area contributed by atoms with E-state index in [1.54, 1.807) is 0 Å². The van der Waals surface area contributed by atoms with Crippen molar-refractivity contribution < 1.29 is 9.90 Å². The molecule has 0 saturated heterocycles. The fourth-order valence-corrected chi connectivity index (χ4v) is 2.42. The summed E-state index contributed by atoms with van der Waals surface area (Å²) in [4.78, 5) is 11.8. The highest BCUT2D eigenvalue weighted by atomic mass is 16.3. The van der Waals surface area contributed by atoms with Gasteiger partial charge in [-0.3, -0.25) is 4.79 Å². The van der Waals surface area contributed by atoms with Gasteiger partial charge in [0.2, 0.25) is 5.91 Å². The molecule has 2 rings (SSSR count). The van der Waals surface area contributed by atoms with Gasteiger partial charge in [0.15, 0.2) is 0 Å². The summed E-state index contributed by atoms with van der Waals surface area (Å²) in [7, 11) is 0. The van der Waals surface area contributed by atoms with Gasteiger partial charge in [-0.2, -0.15) is 0 Å². The first kappa shape index (κ1) is 10.9. The topological polar surface area (TPSA) is 49.3 Å². The van der Waals surface area contributed by atoms with Gasteiger partial charge in [0.25, 0.3) is 0 Å². The van der Waals surface area contributed by atoms with Crippen LogP contribution in [-0.2, 0) is 4.79 Å². The van der Waals surface area contributed by atoms with Crippen LogP contribution < -0.4 is 5.32 Å². The zero-order valence-corrected chi connectivity index (χ0v) is 9.24. The lowest BCUT2D eigenvalue weighted by Crippen LogP contribution is -2.38. The largest absolute Gasteiger partial charge is 0.393 e. The van der Waals surface area contributed by atoms with Crippen LogP contribution in [0.25, 0.3) is 0 Å². The maximum Gasteiger partial charge on any atom is 0.223 e. The lowest BCUT2D eigenvalue weighted by molar-refractivity contribution is -0.126. The molecule has 2 aliphatic rings. The maximum atomic E-state index is 11.8. The molecule has 3 nitrogen and oxygen atoms in total. The first-order valence-corrected chi connectivity index (χ1v) is 6.21. The predicted molar refractivity (Wildman–Crippen MR) is 58.3 cm³/mol. The molecule has 3 heteroatoms. The van der Waals surface area contributed by atoms with Crippen LogP contribution in [0, 0.1) is 11.8 Å². The minimum Gasteiger partial charge on any atom is -0.393 e. The summed E-state index contributed by atoms with van der Waals surface area (Å²) in [6, 6.07) is 0. The molecular formula is C12H21NO2. The summed E-state index contributed by atoms with van der Waals surface area (Å²) in [6.45, 7) is 0.873. The molecule has 0 aliphatic heterocycles. The van der Waals surface area contributed by atoms with Crippen molar-refractivity contribution in [3.8, 4) is 0 Å². The van der Waals surface area contributed by atoms with E-state index < -0.39 is 0 Å². The molecule has 0 aromatic rings. The fraction of sp³-hybridized carbons (Fsp3) is 0.917. The van der Waals surface area contributed by atoms with Crippen molar-refractivity contribution in [3.63, 3.8) is 0 Å². The number of nitrogens with one attached hydrogen (secondary N) is 1. The van der Waals surface area contributed by atoms with Crippen LogP contribution in [-0.4, -0.2) is 23.7 Å². The number of carbonyl (C=O) groups is 1. The maximum absolute atomic E-state index is 11.8. The second-order valence-electron chi connectivity index (χ2n) is 5.05. The zero-order valence-electron chi connectivity index (χ0n) is 9.24. The van der Waals surface area contributed by atoms with Gasteiger partial charge in [-0.1, -0.05) is 6.42 Å². The van der Waals surface area contributed by atoms with Crippen molar-refractivity contribution in [2.45, 2.75) is 51.0 Å². The summed E-state index contributed by atoms with van der Waals surface area (Å²) in [5.74, 6) is 1.12. The van der Waals surface area contributed by atoms with Crippen LogP contribution in [0.4, 0.5) is 0 Å². The Morgan fingerprint density at radius 2 is 1.80 bits per heavy atom. The summed E-state index contributed by atoms with van der Waals surface area (Å²) in [5.41, 5.74) is 0. The van der Waals surface area contributed by atoms with Crippen molar-refractivity contribution >= 4 is 5.91 Å². The van der Waals surface area contributed by atoms with E-state index in [9.17, 15) is 9.90 Å². The molecule has 0 bridgehead atoms. The average Bonchev–Trinajstić information content (AvgIpc) is 2.16. The van der Waals surface area contributed by atoms with Gasteiger partial charge < -0.3 is 10.4 Å². The fourth-order valence-electron chi connectivity index (χ4n) is 2.42. The Morgan fingerprint density at radius 1 is 1.13 bits per heavy atom. The summed E-state index contributed by atoms with van der Waals surface area (Å²) < 4.78 is 0. The predicted octanol–water partition coefficient (Wildman–Crippen LogP) is 1.45. The van der Waals surface area contributed by atoms with Gasteiger partial charge in [-0.05, 0) is 44.4 Å². The molecule has 2 aliphatic carbocycles. The summed E-state index contributed by atoms with van der Waals surface area (Å²) in [5, 5.41) is 12.4. The van der Waals surface area contributed by atoms with Crippen molar-refractivity contribution in [1.82, 2.24) is 5.32 Å². The van der Waals surface area contributed by atoms with Gasteiger partial charge in [0, 0.05) is 12.5 Å². The average molecular weight is 211 g/mol. The van der Waals surface area contributed by atoms with Crippen LogP contribution >= 0.6 is 0 Å². The van der Waals surface area contributed by atoms with E-state index in [-0.39, 0.29) is 17.9 Å². The Hall–Kier alpha value is -0.570. The SMILES string of the molecule is O=C(NCC1CCC1)C1CCC(O)CC1. The molecule has 0 atom stereocenters. The minimum atomic E-state index is -0.166. The standard InChI is InChI=1S/C12H21NO2/c14-11-6-4-10(5-7-11)12(15)13-8-9-2-1-3-9/h9-11,14H,1-8H2,(H,13,15). The number of amides is 1. The molecule has 2 N–H and O–H groups in total. The van der Waals surface area contributed by atoms with E-state index in [0.29, 0.717) is 0 Å². The summed E-state index contributed by atoms with van der Waals surface area (Å²) in [6.07, 6.45) is 7.03. The number of aliphatic hydroxyl groups is 1. The van der Waals surface area contributed by atoms with Gasteiger partial charge in [0.05, 0.1) is 6.10 Å². The third kappa shape index (κ3) is 2.94. The monoisotopic (exact) mass is 211 g/mol. The number of carbonyl (C=O) groups excluding carboxylic acids is 1. The Morgan fingerprint density at radius 3 is 2.33 bits per heavy atom. The van der Waals surface area contributed by atoms with Gasteiger partial charge in [-0.25, -0.2) is 0 Å². The Kier molecular flexibility index (Phi) is 3.62. The normalized spacial score (nSPS) is 32.1. The molecule has 1 amide bonds. The number of hydrogen-bond donors (Lipinski definition) is 2. The third-order valence-electron chi connectivity index (χ3n) is 3.86. The molecule has 0 unspecified atom stereocenters. The Balaban J connectivity index is 1.66. The van der Waals surface area contributed by atoms with E-state index in [4.69, 9.17) is 0 Å². The molecule has 0 spiro atoms. The highest BCUT2D eigenvalue weighted by Gasteiger charge is 2.26. The first-order valence-electron chi connectivity index (χ1n) is 6.21. The molecule has 0 aromatic carbocycles. The van der Waals surface area contributed by atoms with Crippen LogP contribution in [0.5, 0.6) is 0 Å². The minimum absolute atomic E-state index is 0.161. The molecule has 86 valence electrons. The molecular weight excluding hydrogens is 190 g/mol. The lowest BCUT2D eigenvalue weighted by Gasteiger charge is -2.28. The summed E-state index contributed by atoms with van der Waals surface area (Å²) >= 11 is 0. The van der Waals surface area contributed by atoms with Crippen molar-refractivity contribution in [3.05, 3.63) is 0 Å². The molecule has 2 saturated carbocycles. The Bertz CT molecular complexity index is 218. The second-order valence-corrected chi connectivity index (χ2v) is 5.05. The molecule has 0 heterocycles. The quantitative estimate of drug-likeness (QED) is 0.742. The van der Waals surface area contributed by atoms with Crippen LogP contribution in [0.1, 0.15) is 44.9 Å². The third-order valence-corrected chi connectivity index (χ3v) is 3.86. The number of aliphatic hydroxyl groups excluding tert-OH is 1. The number of hydrogen-bond acceptors (Lipinski definition) is 2. The highest BCUT2D eigenvalue weighted by Crippen LogP contribution is 2.27. The zero-order chi connectivity index (χ0) is 10.7. The lowest BCUT2D eigenvalue weighted by atomic mass is 9.84. The molecule has 0 aromatic heterocycles. The number of rotatable bonds is 3. The van der Waals surface area contributed by atoms with Crippen molar-refractivity contribution in [1.29, 1.82) is 0 Å². The second kappa shape index (κ2) is 4.97. The molecule has 15 heavy (non-hydrogen) atoms. The van der Waals surface area contributed by atoms with Crippen LogP contribution in [0.2, 0.25) is 0 Å². The smallest absolute Gasteiger partial charge is 0.223 e. The first-order chi connectivity index (χ1) is 7.25. The van der Waals surface area contributed by atoms with Gasteiger partial charge in [0.1, 0.15) is 0 Å². The van der Waals surface area contributed by atoms with E-state index in [1.165, 1.54) is 19.3 Å². The van der Waals surface area contributed by atoms with E-state index in [0.717, 1.165) is 38.1 Å². The van der Waals surface area contributed by atoms with Crippen molar-refractivity contribution in [2.75, 3.05) is 6.54 Å². The Labute approximate surface area is 91.2 Å². The highest BCUT2D eigenvalue weighted by molar-refractivity contribution is 5.78. The van der Waals surface area contributed by atoms with Crippen LogP contribution in [0.15, 0.2) is 0 Å². The van der Waals surface area contributed by atoms with Gasteiger partial charge in [-0.15, -0.1) is 0 Å². The van der Waals surface area contributed by atoms with Crippen molar-refractivity contribution in [2.24, 2.45) is 11.8 Å². The molecule has 0 radical (unpaired) electrons. The van der Waals surface area contributed by atoms with Gasteiger partial charge >= 0.3 is 0 Å². The van der Waals surface area contributed by atoms with E-state index >= 15 is 0 Å². The van der Waals surface area contributed by atoms with E-state index in [2.05, 4.69) is 5.32 Å². The molecule has 2 fully saturated rings.